The molecule has 53 valence electrons. The van der Waals surface area contributed by atoms with Crippen LogP contribution < -0.4 is 0 Å². The molecular weight excluding hydrogens is 116 g/mol. The molecule has 1 aliphatic carbocycles. The van der Waals surface area contributed by atoms with Gasteiger partial charge in [0.15, 0.2) is 0 Å². The maximum atomic E-state index is 9.93. The summed E-state index contributed by atoms with van der Waals surface area (Å²) in [5.41, 5.74) is 0. The lowest BCUT2D eigenvalue weighted by atomic mass is 10.3. The third-order valence-corrected chi connectivity index (χ3v) is 1.42. The molecule has 0 amide bonds. The molecule has 0 heterocycles. The van der Waals surface area contributed by atoms with Crippen LogP contribution in [0.1, 0.15) is 25.7 Å². The monoisotopic (exact) mass is 129 g/mol. The summed E-state index contributed by atoms with van der Waals surface area (Å²) < 4.78 is 5.32. The molecule has 0 aromatic rings. The van der Waals surface area contributed by atoms with E-state index >= 15 is 0 Å². The molecule has 0 N–H and O–H groups in total. The first-order chi connectivity index (χ1) is 4.43. The van der Waals surface area contributed by atoms with Crippen molar-refractivity contribution in [3.8, 4) is 0 Å². The molecule has 1 rings (SSSR count). The fourth-order valence-corrected chi connectivity index (χ4v) is 0.689. The van der Waals surface area contributed by atoms with Crippen molar-refractivity contribution in [1.29, 1.82) is 0 Å². The van der Waals surface area contributed by atoms with Crippen molar-refractivity contribution in [1.82, 2.24) is 0 Å². The molecule has 1 fully saturated rings. The SMILES string of the molecule is [O]CCCCOC1CC1. The van der Waals surface area contributed by atoms with E-state index in [-0.39, 0.29) is 6.61 Å². The maximum Gasteiger partial charge on any atom is 0.0823 e. The van der Waals surface area contributed by atoms with Gasteiger partial charge in [0.25, 0.3) is 0 Å². The smallest absolute Gasteiger partial charge is 0.0823 e. The molecule has 0 aliphatic heterocycles. The van der Waals surface area contributed by atoms with Crippen molar-refractivity contribution < 1.29 is 9.84 Å². The summed E-state index contributed by atoms with van der Waals surface area (Å²) in [5.74, 6) is 0. The molecule has 1 saturated carbocycles. The lowest BCUT2D eigenvalue weighted by Gasteiger charge is -1.97. The summed E-state index contributed by atoms with van der Waals surface area (Å²) in [6.45, 7) is 0.848. The third kappa shape index (κ3) is 3.49. The Morgan fingerprint density at radius 1 is 1.33 bits per heavy atom. The molecule has 0 aromatic heterocycles. The highest BCUT2D eigenvalue weighted by atomic mass is 16.5. The molecule has 2 nitrogen and oxygen atoms in total. The highest BCUT2D eigenvalue weighted by Gasteiger charge is 2.21. The van der Waals surface area contributed by atoms with E-state index in [1.54, 1.807) is 0 Å². The van der Waals surface area contributed by atoms with Crippen molar-refractivity contribution in [3.63, 3.8) is 0 Å². The Kier molecular flexibility index (Phi) is 3.01. The van der Waals surface area contributed by atoms with Crippen LogP contribution in [0.2, 0.25) is 0 Å². The van der Waals surface area contributed by atoms with Gasteiger partial charge in [-0.25, -0.2) is 5.11 Å². The van der Waals surface area contributed by atoms with E-state index in [9.17, 15) is 5.11 Å². The molecule has 9 heavy (non-hydrogen) atoms. The average molecular weight is 129 g/mol. The Morgan fingerprint density at radius 2 is 2.11 bits per heavy atom. The van der Waals surface area contributed by atoms with Crippen LogP contribution in [0.4, 0.5) is 0 Å². The van der Waals surface area contributed by atoms with Gasteiger partial charge in [-0.15, -0.1) is 0 Å². The van der Waals surface area contributed by atoms with Gasteiger partial charge in [0.2, 0.25) is 0 Å². The predicted octanol–water partition coefficient (Wildman–Crippen LogP) is 1.38. The first kappa shape index (κ1) is 7.03. The average Bonchev–Trinajstić information content (AvgIpc) is 2.63. The summed E-state index contributed by atoms with van der Waals surface area (Å²) >= 11 is 0. The second-order valence-electron chi connectivity index (χ2n) is 2.48. The summed E-state index contributed by atoms with van der Waals surface area (Å²) in [4.78, 5) is 0. The summed E-state index contributed by atoms with van der Waals surface area (Å²) in [7, 11) is 0. The molecule has 0 saturated heterocycles. The lowest BCUT2D eigenvalue weighted by Crippen LogP contribution is -1.96. The zero-order valence-electron chi connectivity index (χ0n) is 5.64. The van der Waals surface area contributed by atoms with E-state index in [2.05, 4.69) is 0 Å². The molecule has 0 spiro atoms. The Balaban J connectivity index is 1.71. The van der Waals surface area contributed by atoms with Crippen LogP contribution >= 0.6 is 0 Å². The number of ether oxygens (including phenoxy) is 1. The number of hydrogen-bond acceptors (Lipinski definition) is 1. The minimum Gasteiger partial charge on any atom is -0.378 e. The van der Waals surface area contributed by atoms with Crippen LogP contribution in [0.15, 0.2) is 0 Å². The molecular formula is C7H13O2. The van der Waals surface area contributed by atoms with E-state index in [4.69, 9.17) is 4.74 Å². The van der Waals surface area contributed by atoms with Crippen molar-refractivity contribution in [2.24, 2.45) is 0 Å². The van der Waals surface area contributed by atoms with Crippen molar-refractivity contribution in [2.75, 3.05) is 13.2 Å². The van der Waals surface area contributed by atoms with E-state index < -0.39 is 0 Å². The normalized spacial score (nSPS) is 18.3. The largest absolute Gasteiger partial charge is 0.378 e. The van der Waals surface area contributed by atoms with Crippen molar-refractivity contribution in [2.45, 2.75) is 31.8 Å². The van der Waals surface area contributed by atoms with E-state index in [0.29, 0.717) is 6.10 Å². The zero-order valence-corrected chi connectivity index (χ0v) is 5.64. The maximum absolute atomic E-state index is 9.93. The van der Waals surface area contributed by atoms with Gasteiger partial charge >= 0.3 is 0 Å². The Hall–Kier alpha value is -0.0800. The minimum absolute atomic E-state index is 0.0496. The summed E-state index contributed by atoms with van der Waals surface area (Å²) in [5, 5.41) is 9.93. The fraction of sp³-hybridized carbons (Fsp3) is 1.00. The van der Waals surface area contributed by atoms with Crippen LogP contribution in [0.3, 0.4) is 0 Å². The molecule has 0 aromatic carbocycles. The first-order valence-electron chi connectivity index (χ1n) is 3.63. The second-order valence-corrected chi connectivity index (χ2v) is 2.48. The topological polar surface area (TPSA) is 29.1 Å². The molecule has 2 heteroatoms. The number of rotatable bonds is 5. The highest BCUT2D eigenvalue weighted by Crippen LogP contribution is 2.23. The van der Waals surface area contributed by atoms with Crippen LogP contribution in [-0.2, 0) is 9.84 Å². The number of hydrogen-bond donors (Lipinski definition) is 0. The molecule has 1 radical (unpaired) electrons. The zero-order chi connectivity index (χ0) is 6.53. The van der Waals surface area contributed by atoms with Crippen LogP contribution in [0, 0.1) is 0 Å². The second kappa shape index (κ2) is 3.85. The quantitative estimate of drug-likeness (QED) is 0.515. The molecule has 1 aliphatic rings. The van der Waals surface area contributed by atoms with Crippen molar-refractivity contribution >= 4 is 0 Å². The van der Waals surface area contributed by atoms with Gasteiger partial charge in [0.1, 0.15) is 0 Å². The van der Waals surface area contributed by atoms with Crippen LogP contribution in [-0.4, -0.2) is 19.3 Å². The van der Waals surface area contributed by atoms with E-state index in [1.165, 1.54) is 12.8 Å². The van der Waals surface area contributed by atoms with Gasteiger partial charge < -0.3 is 4.74 Å². The van der Waals surface area contributed by atoms with Gasteiger partial charge in [-0.3, -0.25) is 0 Å². The Morgan fingerprint density at radius 3 is 2.67 bits per heavy atom. The van der Waals surface area contributed by atoms with E-state index in [0.717, 1.165) is 19.4 Å². The third-order valence-electron chi connectivity index (χ3n) is 1.42. The van der Waals surface area contributed by atoms with Crippen LogP contribution in [0.5, 0.6) is 0 Å². The van der Waals surface area contributed by atoms with Gasteiger partial charge in [-0.1, -0.05) is 0 Å². The molecule has 0 bridgehead atoms. The first-order valence-corrected chi connectivity index (χ1v) is 3.63. The van der Waals surface area contributed by atoms with Gasteiger partial charge in [0, 0.05) is 6.61 Å². The molecule has 0 unspecified atom stereocenters. The Labute approximate surface area is 55.8 Å². The van der Waals surface area contributed by atoms with Gasteiger partial charge in [-0.05, 0) is 25.7 Å². The van der Waals surface area contributed by atoms with Gasteiger partial charge in [0.05, 0.1) is 12.7 Å². The summed E-state index contributed by atoms with van der Waals surface area (Å²) in [6.07, 6.45) is 4.73. The number of unbranched alkanes of at least 4 members (excludes halogenated alkanes) is 1. The van der Waals surface area contributed by atoms with Gasteiger partial charge in [-0.2, -0.15) is 0 Å². The van der Waals surface area contributed by atoms with Crippen molar-refractivity contribution in [3.05, 3.63) is 0 Å². The summed E-state index contributed by atoms with van der Waals surface area (Å²) in [6, 6.07) is 0. The van der Waals surface area contributed by atoms with Crippen LogP contribution in [0.25, 0.3) is 0 Å². The predicted molar refractivity (Wildman–Crippen MR) is 33.8 cm³/mol. The lowest BCUT2D eigenvalue weighted by molar-refractivity contribution is 0.105. The standard InChI is InChI=1S/C7H13O2/c8-5-1-2-6-9-7-3-4-7/h7H,1-6H2. The Bertz CT molecular complexity index is 69.3. The minimum atomic E-state index is 0.0496. The molecule has 0 atom stereocenters. The van der Waals surface area contributed by atoms with E-state index in [1.807, 2.05) is 0 Å². The highest BCUT2D eigenvalue weighted by molar-refractivity contribution is 4.72. The fourth-order valence-electron chi connectivity index (χ4n) is 0.689.